The highest BCUT2D eigenvalue weighted by atomic mass is 32.2. The fourth-order valence-corrected chi connectivity index (χ4v) is 5.83. The Morgan fingerprint density at radius 2 is 1.73 bits per heavy atom. The van der Waals surface area contributed by atoms with Gasteiger partial charge in [-0.1, -0.05) is 13.8 Å². The minimum absolute atomic E-state index is 0.264. The third-order valence-electron chi connectivity index (χ3n) is 3.74. The van der Waals surface area contributed by atoms with Gasteiger partial charge in [-0.15, -0.1) is 0 Å². The van der Waals surface area contributed by atoms with E-state index in [2.05, 4.69) is 13.8 Å². The van der Waals surface area contributed by atoms with Crippen LogP contribution in [0.25, 0.3) is 0 Å². The van der Waals surface area contributed by atoms with Crippen LogP contribution in [0.3, 0.4) is 0 Å². The summed E-state index contributed by atoms with van der Waals surface area (Å²) in [4.78, 5) is 0. The Morgan fingerprint density at radius 3 is 2.13 bits per heavy atom. The Bertz CT molecular complexity index is 325. The van der Waals surface area contributed by atoms with Crippen LogP contribution in [-0.2, 0) is 9.84 Å². The molecule has 0 aliphatic carbocycles. The highest BCUT2D eigenvalue weighted by molar-refractivity contribution is 7.93. The number of hydrogen-bond donors (Lipinski definition) is 1. The number of fused-ring (bicyclic) bond motifs is 2. The summed E-state index contributed by atoms with van der Waals surface area (Å²) in [5, 5.41) is 9.86. The van der Waals surface area contributed by atoms with E-state index < -0.39 is 15.4 Å². The van der Waals surface area contributed by atoms with Crippen LogP contribution in [0.1, 0.15) is 46.0 Å². The average Bonchev–Trinajstić information content (AvgIpc) is 2.30. The minimum Gasteiger partial charge on any atom is -0.390 e. The molecule has 2 aliphatic heterocycles. The third-order valence-corrected chi connectivity index (χ3v) is 6.41. The van der Waals surface area contributed by atoms with E-state index >= 15 is 0 Å². The maximum atomic E-state index is 11.8. The normalized spacial score (nSPS) is 43.5. The van der Waals surface area contributed by atoms with Crippen molar-refractivity contribution >= 4 is 9.84 Å². The average molecular weight is 232 g/mol. The molecule has 2 atom stereocenters. The van der Waals surface area contributed by atoms with E-state index in [1.54, 1.807) is 0 Å². The van der Waals surface area contributed by atoms with Gasteiger partial charge in [0.05, 0.1) is 16.1 Å². The van der Waals surface area contributed by atoms with E-state index in [9.17, 15) is 13.5 Å². The molecule has 0 aromatic carbocycles. The van der Waals surface area contributed by atoms with E-state index in [1.807, 2.05) is 0 Å². The smallest absolute Gasteiger partial charge is 0.156 e. The van der Waals surface area contributed by atoms with Crippen LogP contribution < -0.4 is 0 Å². The van der Waals surface area contributed by atoms with E-state index in [-0.39, 0.29) is 10.5 Å². The maximum Gasteiger partial charge on any atom is 0.156 e. The summed E-state index contributed by atoms with van der Waals surface area (Å²) < 4.78 is 23.7. The first-order valence-electron chi connectivity index (χ1n) is 5.78. The minimum atomic E-state index is -2.90. The summed E-state index contributed by atoms with van der Waals surface area (Å²) in [6.07, 6.45) is 3.17. The number of sulfone groups is 1. The van der Waals surface area contributed by atoms with Gasteiger partial charge in [-0.25, -0.2) is 8.42 Å². The van der Waals surface area contributed by atoms with Crippen LogP contribution in [0.5, 0.6) is 0 Å². The molecule has 0 radical (unpaired) electrons. The monoisotopic (exact) mass is 232 g/mol. The zero-order chi connectivity index (χ0) is 11.3. The second kappa shape index (κ2) is 3.45. The lowest BCUT2D eigenvalue weighted by molar-refractivity contribution is 0.00227. The predicted octanol–water partition coefficient (Wildman–Crippen LogP) is 1.50. The molecule has 3 nitrogen and oxygen atoms in total. The van der Waals surface area contributed by atoms with E-state index in [0.29, 0.717) is 18.8 Å². The van der Waals surface area contributed by atoms with Crippen LogP contribution >= 0.6 is 0 Å². The van der Waals surface area contributed by atoms with Crippen molar-refractivity contribution in [1.82, 2.24) is 0 Å². The van der Waals surface area contributed by atoms with Gasteiger partial charge in [-0.3, -0.25) is 0 Å². The fraction of sp³-hybridized carbons (Fsp3) is 1.00. The molecular formula is C11H20O3S. The lowest BCUT2D eigenvalue weighted by Crippen LogP contribution is -2.45. The summed E-state index contributed by atoms with van der Waals surface area (Å²) in [6.45, 7) is 4.14. The largest absolute Gasteiger partial charge is 0.390 e. The van der Waals surface area contributed by atoms with Crippen LogP contribution in [0.15, 0.2) is 0 Å². The molecule has 0 aromatic heterocycles. The molecule has 2 aliphatic rings. The zero-order valence-corrected chi connectivity index (χ0v) is 10.3. The van der Waals surface area contributed by atoms with Crippen molar-refractivity contribution in [3.63, 3.8) is 0 Å². The lowest BCUT2D eigenvalue weighted by Gasteiger charge is -2.37. The van der Waals surface area contributed by atoms with Crippen LogP contribution in [0, 0.1) is 5.92 Å². The predicted molar refractivity (Wildman–Crippen MR) is 59.4 cm³/mol. The van der Waals surface area contributed by atoms with Crippen molar-refractivity contribution in [1.29, 1.82) is 0 Å². The molecular weight excluding hydrogens is 212 g/mol. The molecule has 2 bridgehead atoms. The Hall–Kier alpha value is -0.0900. The molecule has 0 amide bonds. The molecule has 2 saturated heterocycles. The van der Waals surface area contributed by atoms with Crippen molar-refractivity contribution in [2.45, 2.75) is 62.1 Å². The van der Waals surface area contributed by atoms with Crippen LogP contribution in [0.4, 0.5) is 0 Å². The van der Waals surface area contributed by atoms with Crippen LogP contribution in [0.2, 0.25) is 0 Å². The Kier molecular flexibility index (Phi) is 2.62. The molecule has 2 rings (SSSR count). The molecule has 0 saturated carbocycles. The molecule has 2 fully saturated rings. The standard InChI is InChI=1S/C11H20O3S/c1-8(2)5-11(12)6-9-3-4-10(7-11)15(9,13)14/h8-10,12H,3-7H2,1-2H3. The highest BCUT2D eigenvalue weighted by Gasteiger charge is 2.52. The molecule has 0 spiro atoms. The molecule has 1 N–H and O–H groups in total. The topological polar surface area (TPSA) is 54.4 Å². The summed E-state index contributed by atoms with van der Waals surface area (Å²) in [7, 11) is -2.90. The quantitative estimate of drug-likeness (QED) is 0.785. The first kappa shape index (κ1) is 11.4. The molecule has 15 heavy (non-hydrogen) atoms. The van der Waals surface area contributed by atoms with Gasteiger partial charge in [-0.2, -0.15) is 0 Å². The van der Waals surface area contributed by atoms with Gasteiger partial charge in [0.2, 0.25) is 0 Å². The summed E-state index contributed by atoms with van der Waals surface area (Å²) in [6, 6.07) is 0. The summed E-state index contributed by atoms with van der Waals surface area (Å²) >= 11 is 0. The molecule has 4 heteroatoms. The number of aliphatic hydroxyl groups is 1. The maximum absolute atomic E-state index is 11.8. The highest BCUT2D eigenvalue weighted by Crippen LogP contribution is 2.45. The van der Waals surface area contributed by atoms with E-state index in [4.69, 9.17) is 0 Å². The Balaban J connectivity index is 2.18. The number of hydrogen-bond acceptors (Lipinski definition) is 3. The Morgan fingerprint density at radius 1 is 1.27 bits per heavy atom. The summed E-state index contributed by atoms with van der Waals surface area (Å²) in [5.41, 5.74) is -0.717. The van der Waals surface area contributed by atoms with Crippen molar-refractivity contribution in [2.24, 2.45) is 5.92 Å². The Labute approximate surface area is 91.8 Å². The van der Waals surface area contributed by atoms with Gasteiger partial charge < -0.3 is 5.11 Å². The van der Waals surface area contributed by atoms with E-state index in [0.717, 1.165) is 19.3 Å². The molecule has 88 valence electrons. The first-order valence-corrected chi connectivity index (χ1v) is 7.39. The first-order chi connectivity index (χ1) is 6.83. The fourth-order valence-electron chi connectivity index (χ4n) is 3.27. The zero-order valence-electron chi connectivity index (χ0n) is 9.44. The lowest BCUT2D eigenvalue weighted by atomic mass is 9.85. The van der Waals surface area contributed by atoms with E-state index in [1.165, 1.54) is 0 Å². The second-order valence-corrected chi connectivity index (χ2v) is 8.15. The van der Waals surface area contributed by atoms with Crippen molar-refractivity contribution in [3.05, 3.63) is 0 Å². The molecule has 0 aromatic rings. The van der Waals surface area contributed by atoms with Crippen molar-refractivity contribution in [3.8, 4) is 0 Å². The SMILES string of the molecule is CC(C)CC1(O)CC2CCC(C1)S2(=O)=O. The number of rotatable bonds is 2. The molecule has 2 heterocycles. The third kappa shape index (κ3) is 1.94. The van der Waals surface area contributed by atoms with Crippen LogP contribution in [-0.4, -0.2) is 29.6 Å². The second-order valence-electron chi connectivity index (χ2n) is 5.64. The molecule has 2 unspecified atom stereocenters. The van der Waals surface area contributed by atoms with Gasteiger partial charge in [0.1, 0.15) is 0 Å². The van der Waals surface area contributed by atoms with Crippen molar-refractivity contribution in [2.75, 3.05) is 0 Å². The van der Waals surface area contributed by atoms with Gasteiger partial charge in [0, 0.05) is 0 Å². The van der Waals surface area contributed by atoms with Gasteiger partial charge in [0.25, 0.3) is 0 Å². The summed E-state index contributed by atoms with van der Waals surface area (Å²) in [5.74, 6) is 0.426. The van der Waals surface area contributed by atoms with Gasteiger partial charge >= 0.3 is 0 Å². The van der Waals surface area contributed by atoms with Gasteiger partial charge in [-0.05, 0) is 38.0 Å². The van der Waals surface area contributed by atoms with Crippen molar-refractivity contribution < 1.29 is 13.5 Å². The van der Waals surface area contributed by atoms with Gasteiger partial charge in [0.15, 0.2) is 9.84 Å².